The third-order valence-corrected chi connectivity index (χ3v) is 11.6. The van der Waals surface area contributed by atoms with Crippen molar-refractivity contribution in [1.29, 1.82) is 0 Å². The van der Waals surface area contributed by atoms with Gasteiger partial charge < -0.3 is 32.7 Å². The summed E-state index contributed by atoms with van der Waals surface area (Å²) in [6.07, 6.45) is -6.06. The predicted molar refractivity (Wildman–Crippen MR) is 191 cm³/mol. The normalized spacial score (nSPS) is 19.9. The van der Waals surface area contributed by atoms with Gasteiger partial charge in [0.1, 0.15) is 12.7 Å². The van der Waals surface area contributed by atoms with Crippen LogP contribution in [0, 0.1) is 0 Å². The Labute approximate surface area is 304 Å². The number of ether oxygens (including phenoxy) is 5. The zero-order valence-electron chi connectivity index (χ0n) is 28.3. The average Bonchev–Trinajstić information content (AvgIpc) is 3.17. The van der Waals surface area contributed by atoms with Crippen LogP contribution >= 0.6 is 18.2 Å². The summed E-state index contributed by atoms with van der Waals surface area (Å²) in [5, 5.41) is 0. The largest absolute Gasteiger partial charge is 0.459 e. The topological polar surface area (TPSA) is 150 Å². The second-order valence-corrected chi connectivity index (χ2v) is 15.2. The van der Waals surface area contributed by atoms with Crippen molar-refractivity contribution in [3.05, 3.63) is 144 Å². The average molecular weight is 749 g/mol. The molecule has 4 aromatic carbocycles. The van der Waals surface area contributed by atoms with E-state index in [0.29, 0.717) is 11.4 Å². The molecule has 1 aliphatic rings. The first-order valence-electron chi connectivity index (χ1n) is 16.4. The molecule has 1 fully saturated rings. The van der Waals surface area contributed by atoms with Crippen molar-refractivity contribution in [3.8, 4) is 0 Å². The van der Waals surface area contributed by atoms with Crippen molar-refractivity contribution in [2.24, 2.45) is 0 Å². The Morgan fingerprint density at radius 2 is 0.923 bits per heavy atom. The van der Waals surface area contributed by atoms with Gasteiger partial charge in [-0.05, 0) is 73.8 Å². The number of benzene rings is 4. The lowest BCUT2D eigenvalue weighted by Crippen LogP contribution is -2.61. The molecule has 52 heavy (non-hydrogen) atoms. The quantitative estimate of drug-likeness (QED) is 0.0688. The molecule has 272 valence electrons. The monoisotopic (exact) mass is 748 g/mol. The highest BCUT2D eigenvalue weighted by molar-refractivity contribution is 8.55. The highest BCUT2D eigenvalue weighted by Crippen LogP contribution is 2.64. The van der Waals surface area contributed by atoms with Crippen LogP contribution in [0.5, 0.6) is 0 Å². The summed E-state index contributed by atoms with van der Waals surface area (Å²) in [5.74, 6) is -3.24. The first kappa shape index (κ1) is 38.5. The second kappa shape index (κ2) is 18.6. The number of esters is 4. The standard InChI is InChI=1S/C38H37O12PS/c1-3-45-51(43,46-4-2)52-38-33(50-37(42)29-23-15-8-16-24-29)32(49-36(41)28-21-13-7-14-22-28)31(48-35(40)27-19-11-6-12-20-27)30(47-38)25-44-34(39)26-17-9-5-10-18-26/h5-24,30-33,38H,3-4,25H2,1-2H3/t30-,31-,32+,33-,38+/m1/s1. The van der Waals surface area contributed by atoms with E-state index >= 15 is 0 Å². The molecule has 1 aliphatic heterocycles. The second-order valence-electron chi connectivity index (χ2n) is 11.1. The van der Waals surface area contributed by atoms with Crippen LogP contribution in [-0.2, 0) is 37.3 Å². The zero-order chi connectivity index (χ0) is 36.9. The van der Waals surface area contributed by atoms with Crippen molar-refractivity contribution < 1.29 is 56.5 Å². The van der Waals surface area contributed by atoms with Crippen LogP contribution in [-0.4, -0.2) is 73.5 Å². The van der Waals surface area contributed by atoms with E-state index in [1.54, 1.807) is 98.8 Å². The zero-order valence-corrected chi connectivity index (χ0v) is 30.0. The molecule has 0 spiro atoms. The van der Waals surface area contributed by atoms with E-state index in [-0.39, 0.29) is 35.5 Å². The van der Waals surface area contributed by atoms with Crippen LogP contribution in [0.15, 0.2) is 121 Å². The Bertz CT molecular complexity index is 1820. The van der Waals surface area contributed by atoms with Crippen molar-refractivity contribution >= 4 is 42.1 Å². The molecule has 1 heterocycles. The molecule has 4 aromatic rings. The van der Waals surface area contributed by atoms with Gasteiger partial charge in [0.25, 0.3) is 0 Å². The van der Waals surface area contributed by atoms with Gasteiger partial charge in [0.2, 0.25) is 0 Å². The van der Waals surface area contributed by atoms with E-state index in [1.807, 2.05) is 0 Å². The Kier molecular flexibility index (Phi) is 13.8. The smallest absolute Gasteiger partial charge is 0.391 e. The minimum atomic E-state index is -4.02. The van der Waals surface area contributed by atoms with Crippen molar-refractivity contribution in [2.75, 3.05) is 19.8 Å². The van der Waals surface area contributed by atoms with E-state index in [1.165, 1.54) is 36.4 Å². The van der Waals surface area contributed by atoms with Gasteiger partial charge in [-0.1, -0.05) is 72.8 Å². The molecular formula is C38H37O12PS. The molecule has 0 aromatic heterocycles. The third kappa shape index (κ3) is 10.2. The SMILES string of the molecule is CCOP(=O)(OCC)S[C@@H]1O[C@H](COC(=O)c2ccccc2)[C@@H](OC(=O)c2ccccc2)[C@H](OC(=O)c2ccccc2)[C@H]1OC(=O)c1ccccc1. The van der Waals surface area contributed by atoms with Gasteiger partial charge in [0.05, 0.1) is 35.5 Å². The number of carbonyl (C=O) groups excluding carboxylic acids is 4. The van der Waals surface area contributed by atoms with Gasteiger partial charge in [-0.15, -0.1) is 0 Å². The van der Waals surface area contributed by atoms with E-state index < -0.39 is 67.1 Å². The molecule has 0 bridgehead atoms. The molecule has 1 saturated heterocycles. The third-order valence-electron chi connectivity index (χ3n) is 7.54. The van der Waals surface area contributed by atoms with Crippen LogP contribution in [0.25, 0.3) is 0 Å². The van der Waals surface area contributed by atoms with Crippen LogP contribution in [0.1, 0.15) is 55.3 Å². The lowest BCUT2D eigenvalue weighted by molar-refractivity contribution is -0.207. The lowest BCUT2D eigenvalue weighted by atomic mass is 9.98. The summed E-state index contributed by atoms with van der Waals surface area (Å²) in [6.45, 7) is -1.32. The number of hydrogen-bond acceptors (Lipinski definition) is 13. The lowest BCUT2D eigenvalue weighted by Gasteiger charge is -2.44. The van der Waals surface area contributed by atoms with Crippen molar-refractivity contribution in [1.82, 2.24) is 0 Å². The maximum atomic E-state index is 14.0. The molecule has 0 saturated carbocycles. The minimum absolute atomic E-state index is 0.00663. The van der Waals surface area contributed by atoms with Crippen LogP contribution in [0.4, 0.5) is 0 Å². The fourth-order valence-electron chi connectivity index (χ4n) is 5.15. The molecule has 0 unspecified atom stereocenters. The minimum Gasteiger partial charge on any atom is -0.459 e. The summed E-state index contributed by atoms with van der Waals surface area (Å²) in [6, 6.07) is 32.2. The summed E-state index contributed by atoms with van der Waals surface area (Å²) >= 11 is 0.580. The van der Waals surface area contributed by atoms with Gasteiger partial charge in [0, 0.05) is 0 Å². The Morgan fingerprint density at radius 3 is 1.33 bits per heavy atom. The molecule has 12 nitrogen and oxygen atoms in total. The van der Waals surface area contributed by atoms with Gasteiger partial charge in [0.15, 0.2) is 23.7 Å². The fraction of sp³-hybridized carbons (Fsp3) is 0.263. The Morgan fingerprint density at radius 1 is 0.558 bits per heavy atom. The van der Waals surface area contributed by atoms with E-state index in [4.69, 9.17) is 32.7 Å². The molecular weight excluding hydrogens is 711 g/mol. The summed E-state index contributed by atoms with van der Waals surface area (Å²) in [4.78, 5) is 54.1. The van der Waals surface area contributed by atoms with Crippen LogP contribution in [0.3, 0.4) is 0 Å². The number of carbonyl (C=O) groups is 4. The van der Waals surface area contributed by atoms with Crippen LogP contribution < -0.4 is 0 Å². The van der Waals surface area contributed by atoms with Gasteiger partial charge in [-0.3, -0.25) is 0 Å². The molecule has 0 aliphatic carbocycles. The van der Waals surface area contributed by atoms with Gasteiger partial charge in [-0.25, -0.2) is 23.7 Å². The first-order valence-corrected chi connectivity index (χ1v) is 19.5. The molecule has 5 atom stereocenters. The Hall–Kier alpha value is -4.78. The number of rotatable bonds is 15. The molecule has 0 radical (unpaired) electrons. The summed E-state index contributed by atoms with van der Waals surface area (Å²) in [5.41, 5.74) is -0.754. The molecule has 0 N–H and O–H groups in total. The predicted octanol–water partition coefficient (Wildman–Crippen LogP) is 7.16. The summed E-state index contributed by atoms with van der Waals surface area (Å²) in [7, 11) is 0. The highest BCUT2D eigenvalue weighted by atomic mass is 32.7. The molecule has 0 amide bonds. The fourth-order valence-corrected chi connectivity index (χ4v) is 9.03. The maximum Gasteiger partial charge on any atom is 0.391 e. The van der Waals surface area contributed by atoms with Gasteiger partial charge >= 0.3 is 30.7 Å². The van der Waals surface area contributed by atoms with Crippen molar-refractivity contribution in [3.63, 3.8) is 0 Å². The molecule has 14 heteroatoms. The van der Waals surface area contributed by atoms with E-state index in [9.17, 15) is 23.7 Å². The van der Waals surface area contributed by atoms with Crippen molar-refractivity contribution in [2.45, 2.75) is 43.7 Å². The first-order chi connectivity index (χ1) is 25.2. The van der Waals surface area contributed by atoms with E-state index in [0.717, 1.165) is 0 Å². The maximum absolute atomic E-state index is 14.0. The van der Waals surface area contributed by atoms with E-state index in [2.05, 4.69) is 0 Å². The Balaban J connectivity index is 1.60. The highest BCUT2D eigenvalue weighted by Gasteiger charge is 2.55. The van der Waals surface area contributed by atoms with Gasteiger partial charge in [-0.2, -0.15) is 0 Å². The van der Waals surface area contributed by atoms with Crippen LogP contribution in [0.2, 0.25) is 0 Å². The summed E-state index contributed by atoms with van der Waals surface area (Å²) < 4.78 is 55.1. The molecule has 5 rings (SSSR count). The number of hydrogen-bond donors (Lipinski definition) is 0.